The SMILES string of the molecule is COC1CN(c2cccc(F)c2)C12CCN(C(=O)c1nccc3ccccc13)CC2. The lowest BCUT2D eigenvalue weighted by atomic mass is 9.73. The van der Waals surface area contributed by atoms with Crippen LogP contribution in [0.3, 0.4) is 0 Å². The highest BCUT2D eigenvalue weighted by atomic mass is 19.1. The Hall–Kier alpha value is -2.99. The molecule has 2 aliphatic heterocycles. The van der Waals surface area contributed by atoms with Crippen molar-refractivity contribution in [3.8, 4) is 0 Å². The van der Waals surface area contributed by atoms with Crippen molar-refractivity contribution in [2.75, 3.05) is 31.6 Å². The van der Waals surface area contributed by atoms with Crippen LogP contribution in [-0.2, 0) is 4.74 Å². The number of hydrogen-bond acceptors (Lipinski definition) is 4. The number of carbonyl (C=O) groups is 1. The molecule has 2 aromatic carbocycles. The lowest BCUT2D eigenvalue weighted by Gasteiger charge is -2.61. The molecule has 2 fully saturated rings. The van der Waals surface area contributed by atoms with Gasteiger partial charge in [-0.1, -0.05) is 30.3 Å². The first-order valence-corrected chi connectivity index (χ1v) is 10.3. The topological polar surface area (TPSA) is 45.7 Å². The highest BCUT2D eigenvalue weighted by Crippen LogP contribution is 2.45. The molecule has 2 aliphatic rings. The molecule has 3 heterocycles. The second-order valence-corrected chi connectivity index (χ2v) is 8.09. The van der Waals surface area contributed by atoms with E-state index in [1.807, 2.05) is 41.3 Å². The average molecular weight is 405 g/mol. The number of piperidine rings is 1. The number of carbonyl (C=O) groups excluding carboxylic acids is 1. The smallest absolute Gasteiger partial charge is 0.273 e. The van der Waals surface area contributed by atoms with Gasteiger partial charge in [-0.05, 0) is 42.5 Å². The van der Waals surface area contributed by atoms with Crippen molar-refractivity contribution < 1.29 is 13.9 Å². The van der Waals surface area contributed by atoms with Crippen molar-refractivity contribution in [3.05, 3.63) is 72.3 Å². The van der Waals surface area contributed by atoms with Gasteiger partial charge in [-0.25, -0.2) is 4.39 Å². The number of ether oxygens (including phenoxy) is 1. The number of amides is 1. The first-order valence-electron chi connectivity index (χ1n) is 10.3. The predicted molar refractivity (Wildman–Crippen MR) is 114 cm³/mol. The molecular formula is C24H24FN3O2. The Labute approximate surface area is 175 Å². The quantitative estimate of drug-likeness (QED) is 0.663. The molecule has 1 aromatic heterocycles. The van der Waals surface area contributed by atoms with E-state index >= 15 is 0 Å². The number of fused-ring (bicyclic) bond motifs is 1. The molecule has 6 heteroatoms. The number of anilines is 1. The van der Waals surface area contributed by atoms with E-state index in [1.165, 1.54) is 6.07 Å². The third-order valence-corrected chi connectivity index (χ3v) is 6.68. The third-order valence-electron chi connectivity index (χ3n) is 6.68. The molecule has 1 unspecified atom stereocenters. The van der Waals surface area contributed by atoms with Crippen molar-refractivity contribution in [2.45, 2.75) is 24.5 Å². The van der Waals surface area contributed by atoms with Gasteiger partial charge in [-0.3, -0.25) is 9.78 Å². The summed E-state index contributed by atoms with van der Waals surface area (Å²) >= 11 is 0. The molecule has 30 heavy (non-hydrogen) atoms. The van der Waals surface area contributed by atoms with E-state index in [4.69, 9.17) is 4.74 Å². The summed E-state index contributed by atoms with van der Waals surface area (Å²) in [5, 5.41) is 1.89. The van der Waals surface area contributed by atoms with Crippen molar-refractivity contribution in [1.29, 1.82) is 0 Å². The normalized spacial score (nSPS) is 20.4. The van der Waals surface area contributed by atoms with Gasteiger partial charge in [0.25, 0.3) is 5.91 Å². The highest BCUT2D eigenvalue weighted by Gasteiger charge is 2.55. The van der Waals surface area contributed by atoms with Gasteiger partial charge in [0, 0.05) is 44.0 Å². The minimum absolute atomic E-state index is 0.0350. The second-order valence-electron chi connectivity index (χ2n) is 8.09. The van der Waals surface area contributed by atoms with Gasteiger partial charge in [0.05, 0.1) is 11.6 Å². The molecular weight excluding hydrogens is 381 g/mol. The van der Waals surface area contributed by atoms with Crippen LogP contribution in [0.5, 0.6) is 0 Å². The Kier molecular flexibility index (Phi) is 4.66. The average Bonchev–Trinajstić information content (AvgIpc) is 2.78. The molecule has 0 N–H and O–H groups in total. The van der Waals surface area contributed by atoms with E-state index < -0.39 is 0 Å². The van der Waals surface area contributed by atoms with Gasteiger partial charge in [-0.15, -0.1) is 0 Å². The standard InChI is InChI=1S/C24H24FN3O2/c1-30-21-16-28(19-7-4-6-18(25)15-19)24(21)10-13-27(14-11-24)23(29)22-20-8-3-2-5-17(20)9-12-26-22/h2-9,12,15,21H,10-11,13-14,16H2,1H3. The van der Waals surface area contributed by atoms with Crippen LogP contribution in [0.2, 0.25) is 0 Å². The van der Waals surface area contributed by atoms with Gasteiger partial charge >= 0.3 is 0 Å². The number of likely N-dealkylation sites (tertiary alicyclic amines) is 1. The zero-order chi connectivity index (χ0) is 20.7. The monoisotopic (exact) mass is 405 g/mol. The van der Waals surface area contributed by atoms with Crippen LogP contribution in [0.25, 0.3) is 10.8 Å². The van der Waals surface area contributed by atoms with Gasteiger partial charge in [0.2, 0.25) is 0 Å². The second kappa shape index (κ2) is 7.36. The Balaban J connectivity index is 1.37. The Morgan fingerprint density at radius 1 is 1.13 bits per heavy atom. The zero-order valence-electron chi connectivity index (χ0n) is 16.9. The molecule has 0 aliphatic carbocycles. The summed E-state index contributed by atoms with van der Waals surface area (Å²) in [7, 11) is 1.73. The number of methoxy groups -OCH3 is 1. The maximum Gasteiger partial charge on any atom is 0.273 e. The largest absolute Gasteiger partial charge is 0.377 e. The van der Waals surface area contributed by atoms with Gasteiger partial charge < -0.3 is 14.5 Å². The lowest BCUT2D eigenvalue weighted by Crippen LogP contribution is -2.74. The van der Waals surface area contributed by atoms with E-state index in [2.05, 4.69) is 9.88 Å². The maximum absolute atomic E-state index is 13.8. The number of benzene rings is 2. The number of nitrogens with zero attached hydrogens (tertiary/aromatic N) is 3. The van der Waals surface area contributed by atoms with E-state index in [9.17, 15) is 9.18 Å². The minimum Gasteiger partial charge on any atom is -0.377 e. The zero-order valence-corrected chi connectivity index (χ0v) is 16.9. The third kappa shape index (κ3) is 2.94. The summed E-state index contributed by atoms with van der Waals surface area (Å²) in [6, 6.07) is 16.5. The van der Waals surface area contributed by atoms with Crippen LogP contribution in [0, 0.1) is 5.82 Å². The summed E-state index contributed by atoms with van der Waals surface area (Å²) in [4.78, 5) is 21.8. The van der Waals surface area contributed by atoms with E-state index in [1.54, 1.807) is 25.4 Å². The van der Waals surface area contributed by atoms with Gasteiger partial charge in [-0.2, -0.15) is 0 Å². The van der Waals surface area contributed by atoms with Gasteiger partial charge in [0.15, 0.2) is 0 Å². The molecule has 1 spiro atoms. The molecule has 3 aromatic rings. The summed E-state index contributed by atoms with van der Waals surface area (Å²) in [6.45, 7) is 1.98. The van der Waals surface area contributed by atoms with Crippen LogP contribution in [0.1, 0.15) is 23.3 Å². The van der Waals surface area contributed by atoms with Crippen molar-refractivity contribution in [1.82, 2.24) is 9.88 Å². The van der Waals surface area contributed by atoms with E-state index in [0.29, 0.717) is 18.8 Å². The number of hydrogen-bond donors (Lipinski definition) is 0. The number of halogens is 1. The molecule has 0 bridgehead atoms. The van der Waals surface area contributed by atoms with Gasteiger partial charge in [0.1, 0.15) is 11.5 Å². The van der Waals surface area contributed by atoms with Crippen LogP contribution < -0.4 is 4.90 Å². The fourth-order valence-corrected chi connectivity index (χ4v) is 5.01. The molecule has 0 saturated carbocycles. The Morgan fingerprint density at radius 3 is 2.70 bits per heavy atom. The van der Waals surface area contributed by atoms with Crippen LogP contribution in [0.4, 0.5) is 10.1 Å². The summed E-state index contributed by atoms with van der Waals surface area (Å²) < 4.78 is 19.5. The fraction of sp³-hybridized carbons (Fsp3) is 0.333. The van der Waals surface area contributed by atoms with E-state index in [0.717, 1.165) is 35.8 Å². The molecule has 0 radical (unpaired) electrons. The van der Waals surface area contributed by atoms with Crippen molar-refractivity contribution >= 4 is 22.4 Å². The first-order chi connectivity index (χ1) is 14.6. The number of pyridine rings is 1. The minimum atomic E-state index is -0.238. The lowest BCUT2D eigenvalue weighted by molar-refractivity contribution is -0.0433. The van der Waals surface area contributed by atoms with Crippen molar-refractivity contribution in [3.63, 3.8) is 0 Å². The fourth-order valence-electron chi connectivity index (χ4n) is 5.01. The Morgan fingerprint density at radius 2 is 1.93 bits per heavy atom. The number of rotatable bonds is 3. The maximum atomic E-state index is 13.8. The van der Waals surface area contributed by atoms with Crippen LogP contribution >= 0.6 is 0 Å². The predicted octanol–water partition coefficient (Wildman–Crippen LogP) is 3.88. The molecule has 1 atom stereocenters. The number of aromatic nitrogens is 1. The van der Waals surface area contributed by atoms with Crippen LogP contribution in [-0.4, -0.2) is 54.2 Å². The summed E-state index contributed by atoms with van der Waals surface area (Å²) in [5.74, 6) is -0.273. The summed E-state index contributed by atoms with van der Waals surface area (Å²) in [5.41, 5.74) is 1.17. The molecule has 2 saturated heterocycles. The molecule has 1 amide bonds. The highest BCUT2D eigenvalue weighted by molar-refractivity contribution is 6.05. The molecule has 154 valence electrons. The molecule has 5 nitrogen and oxygen atoms in total. The van der Waals surface area contributed by atoms with Crippen LogP contribution in [0.15, 0.2) is 60.8 Å². The Bertz CT molecular complexity index is 1090. The first kappa shape index (κ1) is 19.0. The van der Waals surface area contributed by atoms with Crippen molar-refractivity contribution in [2.24, 2.45) is 0 Å². The summed E-state index contributed by atoms with van der Waals surface area (Å²) in [6.07, 6.45) is 3.32. The van der Waals surface area contributed by atoms with E-state index in [-0.39, 0.29) is 23.4 Å². The molecule has 5 rings (SSSR count).